The van der Waals surface area contributed by atoms with Gasteiger partial charge in [-0.2, -0.15) is 4.90 Å². The lowest BCUT2D eigenvalue weighted by Crippen LogP contribution is -2.29. The SMILES string of the molecule is ClC1=NC(c2ccccc2)=C(Cl)N2C=[C+]N=C12. The second-order valence-electron chi connectivity index (χ2n) is 3.47. The van der Waals surface area contributed by atoms with E-state index in [4.69, 9.17) is 23.2 Å². The van der Waals surface area contributed by atoms with Gasteiger partial charge in [0.05, 0.1) is 0 Å². The number of fused-ring (bicyclic) bond motifs is 1. The average Bonchev–Trinajstić information content (AvgIpc) is 2.85. The smallest absolute Gasteiger partial charge is 0.209 e. The number of nitrogens with zero attached hydrogens (tertiary/aromatic N) is 3. The lowest BCUT2D eigenvalue weighted by atomic mass is 10.1. The summed E-state index contributed by atoms with van der Waals surface area (Å²) >= 11 is 12.3. The van der Waals surface area contributed by atoms with Crippen molar-refractivity contribution in [2.45, 2.75) is 0 Å². The van der Waals surface area contributed by atoms with Crippen LogP contribution in [0, 0.1) is 6.20 Å². The highest BCUT2D eigenvalue weighted by molar-refractivity contribution is 6.84. The number of aliphatic imine (C=N–C) groups is 2. The van der Waals surface area contributed by atoms with Gasteiger partial charge in [0.1, 0.15) is 5.70 Å². The molecule has 0 bridgehead atoms. The molecule has 1 aromatic rings. The largest absolute Gasteiger partial charge is 0.330 e. The third-order valence-corrected chi connectivity index (χ3v) is 3.05. The summed E-state index contributed by atoms with van der Waals surface area (Å²) in [7, 11) is 0. The highest BCUT2D eigenvalue weighted by Gasteiger charge is 2.37. The molecule has 1 aromatic carbocycles. The van der Waals surface area contributed by atoms with Gasteiger partial charge in [0.2, 0.25) is 12.4 Å². The summed E-state index contributed by atoms with van der Waals surface area (Å²) in [5, 5.41) is 0.791. The van der Waals surface area contributed by atoms with Crippen LogP contribution in [0.2, 0.25) is 0 Å². The molecule has 2 aliphatic heterocycles. The van der Waals surface area contributed by atoms with Crippen molar-refractivity contribution in [3.05, 3.63) is 53.5 Å². The van der Waals surface area contributed by atoms with Crippen molar-refractivity contribution in [3.63, 3.8) is 0 Å². The molecule has 82 valence electrons. The molecule has 2 aliphatic rings. The van der Waals surface area contributed by atoms with Crippen molar-refractivity contribution >= 4 is 39.9 Å². The van der Waals surface area contributed by atoms with Crippen LogP contribution in [0.5, 0.6) is 0 Å². The predicted octanol–water partition coefficient (Wildman–Crippen LogP) is 3.19. The fraction of sp³-hybridized carbons (Fsp3) is 0. The van der Waals surface area contributed by atoms with Crippen molar-refractivity contribution < 1.29 is 0 Å². The lowest BCUT2D eigenvalue weighted by molar-refractivity contribution is 0.760. The van der Waals surface area contributed by atoms with Crippen LogP contribution in [0.25, 0.3) is 5.70 Å². The maximum Gasteiger partial charge on any atom is 0.330 e. The third kappa shape index (κ3) is 1.65. The average molecular weight is 263 g/mol. The predicted molar refractivity (Wildman–Crippen MR) is 69.6 cm³/mol. The first-order chi connectivity index (χ1) is 8.27. The monoisotopic (exact) mass is 262 g/mol. The topological polar surface area (TPSA) is 28.0 Å². The molecule has 0 fully saturated rings. The minimum atomic E-state index is 0.314. The van der Waals surface area contributed by atoms with Gasteiger partial charge in [-0.25, -0.2) is 4.99 Å². The Kier molecular flexibility index (Phi) is 2.45. The minimum absolute atomic E-state index is 0.314. The van der Waals surface area contributed by atoms with E-state index in [9.17, 15) is 0 Å². The molecule has 0 N–H and O–H groups in total. The molecular weight excluding hydrogens is 257 g/mol. The van der Waals surface area contributed by atoms with Crippen LogP contribution in [0.15, 0.2) is 51.7 Å². The Morgan fingerprint density at radius 2 is 1.88 bits per heavy atom. The molecule has 0 saturated heterocycles. The Labute approximate surface area is 108 Å². The summed E-state index contributed by atoms with van der Waals surface area (Å²) in [5.41, 5.74) is 1.55. The van der Waals surface area contributed by atoms with Crippen molar-refractivity contribution in [2.24, 2.45) is 9.98 Å². The molecule has 3 rings (SSSR count). The molecule has 5 heteroatoms. The molecule has 2 heterocycles. The Hall–Kier alpha value is -1.67. The van der Waals surface area contributed by atoms with Gasteiger partial charge < -0.3 is 0 Å². The molecule has 3 nitrogen and oxygen atoms in total. The molecule has 0 atom stereocenters. The summed E-state index contributed by atoms with van der Waals surface area (Å²) in [6.45, 7) is 0. The van der Waals surface area contributed by atoms with Gasteiger partial charge in [-0.1, -0.05) is 41.9 Å². The maximum absolute atomic E-state index is 6.27. The Morgan fingerprint density at radius 1 is 1.12 bits per heavy atom. The molecule has 0 aromatic heterocycles. The molecular formula is C12H6Cl2N3+. The van der Waals surface area contributed by atoms with Crippen LogP contribution in [0.1, 0.15) is 5.56 Å². The van der Waals surface area contributed by atoms with Crippen LogP contribution >= 0.6 is 23.2 Å². The highest BCUT2D eigenvalue weighted by atomic mass is 35.5. The van der Waals surface area contributed by atoms with Crippen molar-refractivity contribution in [3.8, 4) is 0 Å². The number of benzene rings is 1. The molecule has 17 heavy (non-hydrogen) atoms. The number of halogens is 2. The first-order valence-corrected chi connectivity index (χ1v) is 5.68. The van der Waals surface area contributed by atoms with Crippen molar-refractivity contribution in [1.82, 2.24) is 4.90 Å². The Morgan fingerprint density at radius 3 is 2.65 bits per heavy atom. The normalized spacial score (nSPS) is 17.6. The second kappa shape index (κ2) is 3.97. The summed E-state index contributed by atoms with van der Waals surface area (Å²) in [6.07, 6.45) is 4.34. The third-order valence-electron chi connectivity index (χ3n) is 2.43. The Bertz CT molecular complexity index is 585. The maximum atomic E-state index is 6.27. The number of hydrogen-bond acceptors (Lipinski definition) is 3. The first-order valence-electron chi connectivity index (χ1n) is 4.93. The lowest BCUT2D eigenvalue weighted by Gasteiger charge is -2.16. The van der Waals surface area contributed by atoms with E-state index in [0.29, 0.717) is 21.9 Å². The summed E-state index contributed by atoms with van der Waals surface area (Å²) in [4.78, 5) is 9.91. The van der Waals surface area contributed by atoms with Gasteiger partial charge in [0, 0.05) is 10.6 Å². The van der Waals surface area contributed by atoms with E-state index in [2.05, 4.69) is 16.2 Å². The van der Waals surface area contributed by atoms with Crippen LogP contribution in [-0.4, -0.2) is 15.9 Å². The van der Waals surface area contributed by atoms with E-state index in [-0.39, 0.29) is 0 Å². The van der Waals surface area contributed by atoms with Gasteiger partial charge >= 0.3 is 5.84 Å². The molecule has 0 saturated carbocycles. The first kappa shape index (κ1) is 10.5. The van der Waals surface area contributed by atoms with Gasteiger partial charge in [0.15, 0.2) is 5.16 Å². The van der Waals surface area contributed by atoms with E-state index >= 15 is 0 Å². The van der Waals surface area contributed by atoms with Crippen LogP contribution in [0.3, 0.4) is 0 Å². The fourth-order valence-electron chi connectivity index (χ4n) is 1.65. The summed E-state index contributed by atoms with van der Waals surface area (Å²) in [5.74, 6) is 0.511. The number of amidine groups is 1. The van der Waals surface area contributed by atoms with E-state index < -0.39 is 0 Å². The minimum Gasteiger partial charge on any atom is -0.209 e. The molecule has 0 aliphatic carbocycles. The fourth-order valence-corrected chi connectivity index (χ4v) is 2.14. The van der Waals surface area contributed by atoms with Gasteiger partial charge in [-0.15, -0.1) is 0 Å². The summed E-state index contributed by atoms with van der Waals surface area (Å²) < 4.78 is 0. The zero-order valence-electron chi connectivity index (χ0n) is 8.56. The van der Waals surface area contributed by atoms with Crippen LogP contribution in [-0.2, 0) is 0 Å². The van der Waals surface area contributed by atoms with Gasteiger partial charge in [-0.05, 0) is 11.6 Å². The zero-order valence-corrected chi connectivity index (χ0v) is 10.1. The van der Waals surface area contributed by atoms with E-state index in [1.165, 1.54) is 0 Å². The van der Waals surface area contributed by atoms with Crippen molar-refractivity contribution in [1.29, 1.82) is 0 Å². The molecule has 0 radical (unpaired) electrons. The highest BCUT2D eigenvalue weighted by Crippen LogP contribution is 2.32. The molecule has 0 amide bonds. The standard InChI is InChI=1S/C12H6Cl2N3/c13-10-12-15-6-7-17(12)11(14)9(16-10)8-4-2-1-3-5-8/h1-5,7H/q+1. The van der Waals surface area contributed by atoms with E-state index in [0.717, 1.165) is 5.56 Å². The quantitative estimate of drug-likeness (QED) is 0.564. The van der Waals surface area contributed by atoms with Gasteiger partial charge in [-0.3, -0.25) is 0 Å². The number of hydrogen-bond donors (Lipinski definition) is 0. The van der Waals surface area contributed by atoms with Crippen molar-refractivity contribution in [2.75, 3.05) is 0 Å². The van der Waals surface area contributed by atoms with E-state index in [1.807, 2.05) is 30.3 Å². The van der Waals surface area contributed by atoms with Crippen LogP contribution < -0.4 is 0 Å². The Balaban J connectivity index is 2.15. The number of rotatable bonds is 1. The zero-order chi connectivity index (χ0) is 11.8. The summed E-state index contributed by atoms with van der Waals surface area (Å²) in [6, 6.07) is 9.63. The van der Waals surface area contributed by atoms with E-state index in [1.54, 1.807) is 11.1 Å². The molecule has 0 spiro atoms. The van der Waals surface area contributed by atoms with Gasteiger partial charge in [0.25, 0.3) is 5.17 Å². The second-order valence-corrected chi connectivity index (χ2v) is 4.19. The van der Waals surface area contributed by atoms with Crippen LogP contribution in [0.4, 0.5) is 0 Å². The molecule has 0 unspecified atom stereocenters.